The fourth-order valence-electron chi connectivity index (χ4n) is 2.05. The molecule has 0 N–H and O–H groups in total. The van der Waals surface area contributed by atoms with Gasteiger partial charge in [-0.25, -0.2) is 4.79 Å². The van der Waals surface area contributed by atoms with Crippen LogP contribution in [0.3, 0.4) is 0 Å². The third-order valence-electron chi connectivity index (χ3n) is 3.06. The minimum absolute atomic E-state index is 0.0275. The Balaban J connectivity index is 2.10. The Morgan fingerprint density at radius 2 is 2.00 bits per heavy atom. The van der Waals surface area contributed by atoms with Gasteiger partial charge in [0.15, 0.2) is 0 Å². The third-order valence-corrected chi connectivity index (χ3v) is 3.06. The molecule has 0 aliphatic carbocycles. The largest absolute Gasteiger partial charge is 0.492 e. The molecule has 6 nitrogen and oxygen atoms in total. The standard InChI is InChI=1S/C13H11F3N2O4/c14-13(15,16)12(19)22-17-7-5-9(6-8-17)10-3-1-2-4-11(10)18(20)21/h1-5H,6-8H2. The van der Waals surface area contributed by atoms with E-state index in [4.69, 9.17) is 0 Å². The number of hydrogen-bond acceptors (Lipinski definition) is 5. The number of benzene rings is 1. The maximum absolute atomic E-state index is 12.1. The number of hydrogen-bond donors (Lipinski definition) is 0. The van der Waals surface area contributed by atoms with Crippen LogP contribution in [0.15, 0.2) is 30.3 Å². The van der Waals surface area contributed by atoms with Crippen molar-refractivity contribution in [3.8, 4) is 0 Å². The monoisotopic (exact) mass is 316 g/mol. The number of carbonyl (C=O) groups excluding carboxylic acids is 1. The zero-order valence-corrected chi connectivity index (χ0v) is 11.2. The van der Waals surface area contributed by atoms with Crippen LogP contribution in [0.25, 0.3) is 5.57 Å². The van der Waals surface area contributed by atoms with Crippen LogP contribution in [-0.2, 0) is 9.63 Å². The normalized spacial score (nSPS) is 16.0. The van der Waals surface area contributed by atoms with Gasteiger partial charge in [-0.3, -0.25) is 10.1 Å². The summed E-state index contributed by atoms with van der Waals surface area (Å²) in [7, 11) is 0. The lowest BCUT2D eigenvalue weighted by molar-refractivity contribution is -0.385. The van der Waals surface area contributed by atoms with Crippen molar-refractivity contribution in [3.05, 3.63) is 46.0 Å². The van der Waals surface area contributed by atoms with E-state index in [1.807, 2.05) is 0 Å². The van der Waals surface area contributed by atoms with E-state index < -0.39 is 17.1 Å². The Kier molecular flexibility index (Phi) is 4.45. The quantitative estimate of drug-likeness (QED) is 0.633. The second kappa shape index (κ2) is 6.14. The van der Waals surface area contributed by atoms with Gasteiger partial charge in [0.2, 0.25) is 0 Å². The van der Waals surface area contributed by atoms with E-state index in [1.54, 1.807) is 12.1 Å². The lowest BCUT2D eigenvalue weighted by Crippen LogP contribution is -2.37. The van der Waals surface area contributed by atoms with Crippen LogP contribution in [-0.4, -0.2) is 35.2 Å². The molecule has 0 saturated heterocycles. The summed E-state index contributed by atoms with van der Waals surface area (Å²) in [4.78, 5) is 25.4. The molecule has 0 radical (unpaired) electrons. The Morgan fingerprint density at radius 1 is 1.32 bits per heavy atom. The van der Waals surface area contributed by atoms with E-state index in [1.165, 1.54) is 18.2 Å². The first-order valence-electron chi connectivity index (χ1n) is 6.26. The van der Waals surface area contributed by atoms with Gasteiger partial charge in [-0.1, -0.05) is 18.2 Å². The topological polar surface area (TPSA) is 72.7 Å². The molecule has 1 aliphatic rings. The number of alkyl halides is 3. The van der Waals surface area contributed by atoms with Crippen LogP contribution in [0, 0.1) is 10.1 Å². The Labute approximate surface area is 122 Å². The average molecular weight is 316 g/mol. The SMILES string of the molecule is O=C(ON1CC=C(c2ccccc2[N+](=O)[O-])CC1)C(F)(F)F. The van der Waals surface area contributed by atoms with E-state index in [2.05, 4.69) is 4.84 Å². The van der Waals surface area contributed by atoms with Gasteiger partial charge in [0.1, 0.15) is 0 Å². The van der Waals surface area contributed by atoms with Gasteiger partial charge in [0, 0.05) is 12.6 Å². The van der Waals surface area contributed by atoms with Crippen molar-refractivity contribution < 1.29 is 27.7 Å². The molecule has 9 heteroatoms. The molecule has 0 amide bonds. The summed E-state index contributed by atoms with van der Waals surface area (Å²) in [6, 6.07) is 6.09. The lowest BCUT2D eigenvalue weighted by atomic mass is 9.98. The van der Waals surface area contributed by atoms with Crippen LogP contribution in [0.2, 0.25) is 0 Å². The van der Waals surface area contributed by atoms with E-state index in [9.17, 15) is 28.1 Å². The number of hydroxylamine groups is 2. The van der Waals surface area contributed by atoms with Crippen LogP contribution < -0.4 is 0 Å². The number of halogens is 3. The number of nitro benzene ring substituents is 1. The fourth-order valence-corrected chi connectivity index (χ4v) is 2.05. The zero-order chi connectivity index (χ0) is 16.3. The van der Waals surface area contributed by atoms with Gasteiger partial charge in [-0.2, -0.15) is 13.2 Å². The van der Waals surface area contributed by atoms with Gasteiger partial charge in [0.05, 0.1) is 17.0 Å². The molecule has 1 aliphatic heterocycles. The molecule has 0 unspecified atom stereocenters. The van der Waals surface area contributed by atoms with Crippen LogP contribution >= 0.6 is 0 Å². The molecule has 0 aromatic heterocycles. The molecule has 1 aromatic carbocycles. The Hall–Kier alpha value is -2.42. The highest BCUT2D eigenvalue weighted by atomic mass is 19.4. The molecule has 0 saturated carbocycles. The van der Waals surface area contributed by atoms with Crippen molar-refractivity contribution in [2.45, 2.75) is 12.6 Å². The third kappa shape index (κ3) is 3.61. The van der Waals surface area contributed by atoms with Gasteiger partial charge in [0.25, 0.3) is 5.69 Å². The highest BCUT2D eigenvalue weighted by Crippen LogP contribution is 2.30. The first-order valence-corrected chi connectivity index (χ1v) is 6.26. The van der Waals surface area contributed by atoms with Crippen molar-refractivity contribution in [1.29, 1.82) is 0 Å². The molecule has 22 heavy (non-hydrogen) atoms. The summed E-state index contributed by atoms with van der Waals surface area (Å²) in [5, 5.41) is 11.8. The van der Waals surface area contributed by atoms with E-state index >= 15 is 0 Å². The van der Waals surface area contributed by atoms with Crippen LogP contribution in [0.1, 0.15) is 12.0 Å². The van der Waals surface area contributed by atoms with Crippen molar-refractivity contribution >= 4 is 17.2 Å². The number of nitro groups is 1. The summed E-state index contributed by atoms with van der Waals surface area (Å²) in [5.74, 6) is -2.28. The van der Waals surface area contributed by atoms with Crippen LogP contribution in [0.5, 0.6) is 0 Å². The number of para-hydroxylation sites is 1. The van der Waals surface area contributed by atoms with Gasteiger partial charge in [-0.15, -0.1) is 5.06 Å². The predicted octanol–water partition coefficient (Wildman–Crippen LogP) is 2.70. The minimum atomic E-state index is -5.05. The van der Waals surface area contributed by atoms with Crippen molar-refractivity contribution in [2.75, 3.05) is 13.1 Å². The van der Waals surface area contributed by atoms with Crippen molar-refractivity contribution in [2.24, 2.45) is 0 Å². The average Bonchev–Trinajstić information content (AvgIpc) is 2.47. The Bertz CT molecular complexity index is 628. The van der Waals surface area contributed by atoms with Gasteiger partial charge in [-0.05, 0) is 18.1 Å². The van der Waals surface area contributed by atoms with E-state index in [-0.39, 0.29) is 25.2 Å². The maximum Gasteiger partial charge on any atom is 0.492 e. The van der Waals surface area contributed by atoms with Gasteiger partial charge >= 0.3 is 12.1 Å². The minimum Gasteiger partial charge on any atom is -0.360 e. The molecule has 2 rings (SSSR count). The Morgan fingerprint density at radius 3 is 2.55 bits per heavy atom. The first kappa shape index (κ1) is 16.0. The van der Waals surface area contributed by atoms with Crippen molar-refractivity contribution in [1.82, 2.24) is 5.06 Å². The smallest absolute Gasteiger partial charge is 0.360 e. The summed E-state index contributed by atoms with van der Waals surface area (Å²) >= 11 is 0. The summed E-state index contributed by atoms with van der Waals surface area (Å²) in [5.41, 5.74) is 0.968. The molecular formula is C13H11F3N2O4. The number of nitrogens with zero attached hydrogens (tertiary/aromatic N) is 2. The van der Waals surface area contributed by atoms with E-state index in [0.29, 0.717) is 11.1 Å². The van der Waals surface area contributed by atoms with Gasteiger partial charge < -0.3 is 4.84 Å². The molecule has 0 spiro atoms. The highest BCUT2D eigenvalue weighted by Gasteiger charge is 2.42. The summed E-state index contributed by atoms with van der Waals surface area (Å²) in [6.45, 7) is -0.0388. The molecule has 0 atom stereocenters. The fraction of sp³-hybridized carbons (Fsp3) is 0.308. The van der Waals surface area contributed by atoms with E-state index in [0.717, 1.165) is 5.06 Å². The zero-order valence-electron chi connectivity index (χ0n) is 11.2. The summed E-state index contributed by atoms with van der Waals surface area (Å²) < 4.78 is 36.3. The first-order chi connectivity index (χ1) is 10.3. The number of rotatable bonds is 3. The molecular weight excluding hydrogens is 305 g/mol. The lowest BCUT2D eigenvalue weighted by Gasteiger charge is -2.25. The highest BCUT2D eigenvalue weighted by molar-refractivity contribution is 5.76. The molecule has 0 bridgehead atoms. The molecule has 1 aromatic rings. The van der Waals surface area contributed by atoms with Crippen LogP contribution in [0.4, 0.5) is 18.9 Å². The van der Waals surface area contributed by atoms with Crippen molar-refractivity contribution in [3.63, 3.8) is 0 Å². The molecule has 1 heterocycles. The maximum atomic E-state index is 12.1. The molecule has 0 fully saturated rings. The second-order valence-corrected chi connectivity index (χ2v) is 4.52. The predicted molar refractivity (Wildman–Crippen MR) is 69.4 cm³/mol. The second-order valence-electron chi connectivity index (χ2n) is 4.52. The summed E-state index contributed by atoms with van der Waals surface area (Å²) in [6.07, 6.45) is -3.31. The number of carbonyl (C=O) groups is 1. The molecule has 118 valence electrons.